The van der Waals surface area contributed by atoms with Crippen molar-refractivity contribution in [1.29, 1.82) is 0 Å². The number of rotatable bonds is 11. The van der Waals surface area contributed by atoms with E-state index in [9.17, 15) is 8.42 Å². The predicted molar refractivity (Wildman–Crippen MR) is 87.4 cm³/mol. The van der Waals surface area contributed by atoms with Gasteiger partial charge in [0.25, 0.3) is 0 Å². The van der Waals surface area contributed by atoms with Crippen LogP contribution in [0, 0.1) is 6.92 Å². The molecule has 122 valence electrons. The van der Waals surface area contributed by atoms with Gasteiger partial charge in [-0.15, -0.1) is 11.3 Å². The Hall–Kier alpha value is -0.470. The van der Waals surface area contributed by atoms with Gasteiger partial charge in [-0.1, -0.05) is 13.8 Å². The molecule has 0 aromatic carbocycles. The van der Waals surface area contributed by atoms with E-state index in [1.54, 1.807) is 6.07 Å². The second kappa shape index (κ2) is 9.53. The molecule has 0 radical (unpaired) electrons. The molecule has 0 saturated heterocycles. The molecule has 7 heteroatoms. The molecule has 0 aliphatic carbocycles. The van der Waals surface area contributed by atoms with E-state index in [1.807, 2.05) is 20.8 Å². The number of hydrogen-bond donors (Lipinski definition) is 2. The summed E-state index contributed by atoms with van der Waals surface area (Å²) in [6.07, 6.45) is 1.67. The first kappa shape index (κ1) is 18.6. The van der Waals surface area contributed by atoms with Crippen LogP contribution in [0.1, 0.15) is 37.1 Å². The predicted octanol–water partition coefficient (Wildman–Crippen LogP) is 2.26. The summed E-state index contributed by atoms with van der Waals surface area (Å²) >= 11 is 1.33. The fourth-order valence-corrected chi connectivity index (χ4v) is 4.41. The van der Waals surface area contributed by atoms with Gasteiger partial charge in [-0.05, 0) is 37.9 Å². The maximum Gasteiger partial charge on any atom is 0.250 e. The average Bonchev–Trinajstić information content (AvgIpc) is 2.82. The first-order valence-electron chi connectivity index (χ1n) is 7.38. The van der Waals surface area contributed by atoms with Crippen LogP contribution in [0.3, 0.4) is 0 Å². The van der Waals surface area contributed by atoms with Crippen molar-refractivity contribution in [2.45, 2.75) is 44.4 Å². The first-order valence-corrected chi connectivity index (χ1v) is 9.68. The van der Waals surface area contributed by atoms with Crippen molar-refractivity contribution in [3.05, 3.63) is 16.5 Å². The van der Waals surface area contributed by atoms with Crippen LogP contribution in [-0.4, -0.2) is 34.7 Å². The third-order valence-corrected chi connectivity index (χ3v) is 6.08. The third kappa shape index (κ3) is 6.44. The summed E-state index contributed by atoms with van der Waals surface area (Å²) in [7, 11) is -3.39. The Balaban J connectivity index is 2.50. The van der Waals surface area contributed by atoms with Crippen molar-refractivity contribution >= 4 is 21.4 Å². The van der Waals surface area contributed by atoms with E-state index in [2.05, 4.69) is 10.0 Å². The van der Waals surface area contributed by atoms with E-state index >= 15 is 0 Å². The molecule has 0 fully saturated rings. The normalized spacial score (nSPS) is 12.0. The Bertz CT molecular complexity index is 512. The van der Waals surface area contributed by atoms with Crippen LogP contribution in [0.2, 0.25) is 0 Å². The number of sulfonamides is 1. The fraction of sp³-hybridized carbons (Fsp3) is 0.714. The topological polar surface area (TPSA) is 67.4 Å². The van der Waals surface area contributed by atoms with Crippen molar-refractivity contribution in [3.8, 4) is 0 Å². The Labute approximate surface area is 132 Å². The molecule has 1 aromatic heterocycles. The molecule has 0 spiro atoms. The lowest BCUT2D eigenvalue weighted by atomic mass is 10.3. The lowest BCUT2D eigenvalue weighted by molar-refractivity contribution is 0.133. The zero-order valence-electron chi connectivity index (χ0n) is 13.1. The van der Waals surface area contributed by atoms with Crippen LogP contribution in [0.25, 0.3) is 0 Å². The molecule has 2 N–H and O–H groups in total. The van der Waals surface area contributed by atoms with Crippen molar-refractivity contribution in [2.24, 2.45) is 0 Å². The van der Waals surface area contributed by atoms with Gasteiger partial charge in [0.05, 0.1) is 0 Å². The van der Waals surface area contributed by atoms with E-state index in [0.29, 0.717) is 30.3 Å². The van der Waals surface area contributed by atoms with Crippen LogP contribution < -0.4 is 10.0 Å². The highest BCUT2D eigenvalue weighted by molar-refractivity contribution is 7.91. The van der Waals surface area contributed by atoms with E-state index in [1.165, 1.54) is 11.3 Å². The number of hydrogen-bond acceptors (Lipinski definition) is 5. The van der Waals surface area contributed by atoms with Gasteiger partial charge >= 0.3 is 0 Å². The second-order valence-corrected chi connectivity index (χ2v) is 7.95. The molecule has 21 heavy (non-hydrogen) atoms. The molecule has 0 aliphatic rings. The molecule has 5 nitrogen and oxygen atoms in total. The van der Waals surface area contributed by atoms with E-state index in [0.717, 1.165) is 30.0 Å². The molecule has 0 amide bonds. The molecule has 1 aromatic rings. The number of aryl methyl sites for hydroxylation is 1. The van der Waals surface area contributed by atoms with Gasteiger partial charge in [-0.2, -0.15) is 0 Å². The highest BCUT2D eigenvalue weighted by Gasteiger charge is 2.18. The molecular weight excluding hydrogens is 308 g/mol. The highest BCUT2D eigenvalue weighted by atomic mass is 32.2. The minimum absolute atomic E-state index is 0.391. The summed E-state index contributed by atoms with van der Waals surface area (Å²) in [4.78, 5) is 1.07. The molecule has 0 unspecified atom stereocenters. The Morgan fingerprint density at radius 3 is 2.71 bits per heavy atom. The number of thiophene rings is 1. The maximum absolute atomic E-state index is 12.2. The molecular formula is C14H26N2O3S2. The highest BCUT2D eigenvalue weighted by Crippen LogP contribution is 2.25. The Morgan fingerprint density at radius 1 is 1.29 bits per heavy atom. The minimum atomic E-state index is -3.39. The fourth-order valence-electron chi connectivity index (χ4n) is 1.73. The van der Waals surface area contributed by atoms with Crippen LogP contribution in [0.5, 0.6) is 0 Å². The van der Waals surface area contributed by atoms with Crippen LogP contribution >= 0.6 is 11.3 Å². The van der Waals surface area contributed by atoms with Gasteiger partial charge in [0.1, 0.15) is 4.21 Å². The van der Waals surface area contributed by atoms with Crippen molar-refractivity contribution in [3.63, 3.8) is 0 Å². The van der Waals surface area contributed by atoms with Gasteiger partial charge in [0.2, 0.25) is 10.0 Å². The lowest BCUT2D eigenvalue weighted by Crippen LogP contribution is -2.24. The van der Waals surface area contributed by atoms with Gasteiger partial charge < -0.3 is 10.1 Å². The van der Waals surface area contributed by atoms with E-state index in [-0.39, 0.29) is 0 Å². The summed E-state index contributed by atoms with van der Waals surface area (Å²) < 4.78 is 32.7. The summed E-state index contributed by atoms with van der Waals surface area (Å²) in [5.41, 5.74) is 1.02. The summed E-state index contributed by atoms with van der Waals surface area (Å²) in [6, 6.07) is 1.74. The molecule has 0 aliphatic heterocycles. The molecule has 1 rings (SSSR count). The zero-order chi connectivity index (χ0) is 15.7. The Morgan fingerprint density at radius 2 is 2.05 bits per heavy atom. The molecule has 0 saturated carbocycles. The maximum atomic E-state index is 12.2. The van der Waals surface area contributed by atoms with Gasteiger partial charge in [0.15, 0.2) is 0 Å². The standard InChI is InChI=1S/C14H26N2O3S2/c1-4-8-19-9-6-7-16-21(17,18)14-10-12(3)13(20-14)11-15-5-2/h10,15-16H,4-9,11H2,1-3H3. The van der Waals surface area contributed by atoms with Crippen LogP contribution in [-0.2, 0) is 21.3 Å². The quantitative estimate of drug-likeness (QED) is 0.609. The third-order valence-electron chi connectivity index (χ3n) is 2.90. The monoisotopic (exact) mass is 334 g/mol. The van der Waals surface area contributed by atoms with Crippen molar-refractivity contribution in [2.75, 3.05) is 26.3 Å². The van der Waals surface area contributed by atoms with Gasteiger partial charge in [-0.25, -0.2) is 13.1 Å². The zero-order valence-corrected chi connectivity index (χ0v) is 14.7. The second-order valence-electron chi connectivity index (χ2n) is 4.82. The van der Waals surface area contributed by atoms with E-state index < -0.39 is 10.0 Å². The summed E-state index contributed by atoms with van der Waals surface area (Å²) in [6.45, 7) is 9.33. The molecule has 0 atom stereocenters. The largest absolute Gasteiger partial charge is 0.381 e. The Kier molecular flexibility index (Phi) is 8.43. The minimum Gasteiger partial charge on any atom is -0.381 e. The van der Waals surface area contributed by atoms with E-state index in [4.69, 9.17) is 4.74 Å². The molecule has 1 heterocycles. The summed E-state index contributed by atoms with van der Waals surface area (Å²) in [5.74, 6) is 0. The number of nitrogens with one attached hydrogen (secondary N) is 2. The van der Waals surface area contributed by atoms with Crippen LogP contribution in [0.4, 0.5) is 0 Å². The van der Waals surface area contributed by atoms with Crippen LogP contribution in [0.15, 0.2) is 10.3 Å². The SMILES string of the molecule is CCCOCCCNS(=O)(=O)c1cc(C)c(CNCC)s1. The van der Waals surface area contributed by atoms with Crippen molar-refractivity contribution in [1.82, 2.24) is 10.0 Å². The average molecular weight is 335 g/mol. The van der Waals surface area contributed by atoms with Gasteiger partial charge in [-0.3, -0.25) is 0 Å². The first-order chi connectivity index (χ1) is 10.0. The summed E-state index contributed by atoms with van der Waals surface area (Å²) in [5, 5.41) is 3.22. The lowest BCUT2D eigenvalue weighted by Gasteiger charge is -2.05. The smallest absolute Gasteiger partial charge is 0.250 e. The van der Waals surface area contributed by atoms with Gasteiger partial charge in [0, 0.05) is 31.2 Å². The molecule has 0 bridgehead atoms. The number of ether oxygens (including phenoxy) is 1. The van der Waals surface area contributed by atoms with Crippen molar-refractivity contribution < 1.29 is 13.2 Å².